The molecule has 5 heteroatoms. The molecular weight excluding hydrogens is 268 g/mol. The van der Waals surface area contributed by atoms with E-state index in [1.165, 1.54) is 34.7 Å². The van der Waals surface area contributed by atoms with Gasteiger partial charge in [0, 0.05) is 47.7 Å². The van der Waals surface area contributed by atoms with E-state index in [9.17, 15) is 0 Å². The molecule has 1 unspecified atom stereocenters. The zero-order valence-corrected chi connectivity index (χ0v) is 13.0. The molecule has 3 rings (SSSR count). The normalized spacial score (nSPS) is 20.4. The van der Waals surface area contributed by atoms with Crippen LogP contribution in [0.2, 0.25) is 0 Å². The first-order chi connectivity index (χ1) is 9.74. The molecule has 1 aliphatic heterocycles. The Kier molecular flexibility index (Phi) is 4.19. The second-order valence-electron chi connectivity index (χ2n) is 5.53. The Morgan fingerprint density at radius 3 is 3.10 bits per heavy atom. The predicted molar refractivity (Wildman–Crippen MR) is 83.9 cm³/mol. The van der Waals surface area contributed by atoms with Crippen LogP contribution in [0, 0.1) is 0 Å². The molecule has 0 bridgehead atoms. The van der Waals surface area contributed by atoms with Crippen LogP contribution in [0.5, 0.6) is 0 Å². The molecule has 2 aromatic heterocycles. The SMILES string of the molecule is CNC1CCCN(Cc2ccc(-c3cnn(C)c3)s2)C1. The fraction of sp³-hybridized carbons (Fsp3) is 0.533. The molecule has 108 valence electrons. The molecule has 2 aromatic rings. The van der Waals surface area contributed by atoms with Gasteiger partial charge in [0.15, 0.2) is 0 Å². The number of likely N-dealkylation sites (tertiary alicyclic amines) is 1. The van der Waals surface area contributed by atoms with E-state index in [1.807, 2.05) is 29.3 Å². The number of aryl methyl sites for hydroxylation is 1. The first kappa shape index (κ1) is 13.8. The minimum atomic E-state index is 0.654. The Balaban J connectivity index is 1.65. The van der Waals surface area contributed by atoms with Crippen molar-refractivity contribution in [2.75, 3.05) is 20.1 Å². The third-order valence-corrected chi connectivity index (χ3v) is 5.06. The van der Waals surface area contributed by atoms with Crippen molar-refractivity contribution in [1.82, 2.24) is 20.0 Å². The van der Waals surface area contributed by atoms with Gasteiger partial charge in [-0.05, 0) is 38.6 Å². The van der Waals surface area contributed by atoms with Crippen LogP contribution in [0.25, 0.3) is 10.4 Å². The molecule has 1 atom stereocenters. The lowest BCUT2D eigenvalue weighted by atomic mass is 10.1. The van der Waals surface area contributed by atoms with E-state index in [4.69, 9.17) is 0 Å². The molecule has 1 aliphatic rings. The highest BCUT2D eigenvalue weighted by molar-refractivity contribution is 7.15. The summed E-state index contributed by atoms with van der Waals surface area (Å²) in [6.45, 7) is 3.46. The lowest BCUT2D eigenvalue weighted by molar-refractivity contribution is 0.189. The highest BCUT2D eigenvalue weighted by Crippen LogP contribution is 2.28. The van der Waals surface area contributed by atoms with E-state index in [0.29, 0.717) is 6.04 Å². The van der Waals surface area contributed by atoms with Crippen LogP contribution in [-0.4, -0.2) is 40.9 Å². The van der Waals surface area contributed by atoms with Gasteiger partial charge in [0.25, 0.3) is 0 Å². The third-order valence-electron chi connectivity index (χ3n) is 3.94. The summed E-state index contributed by atoms with van der Waals surface area (Å²) in [5.41, 5.74) is 1.22. The standard InChI is InChI=1S/C15H22N4S/c1-16-13-4-3-7-19(10-13)11-14-5-6-15(20-14)12-8-17-18(2)9-12/h5-6,8-9,13,16H,3-4,7,10-11H2,1-2H3. The van der Waals surface area contributed by atoms with Crippen LogP contribution in [-0.2, 0) is 13.6 Å². The van der Waals surface area contributed by atoms with Gasteiger partial charge >= 0.3 is 0 Å². The average Bonchev–Trinajstić information content (AvgIpc) is 3.08. The molecule has 3 heterocycles. The lowest BCUT2D eigenvalue weighted by Crippen LogP contribution is -2.43. The van der Waals surface area contributed by atoms with Crippen LogP contribution in [0.15, 0.2) is 24.5 Å². The fourth-order valence-corrected chi connectivity index (χ4v) is 3.85. The van der Waals surface area contributed by atoms with Crippen molar-refractivity contribution in [3.63, 3.8) is 0 Å². The minimum absolute atomic E-state index is 0.654. The largest absolute Gasteiger partial charge is 0.316 e. The molecular formula is C15H22N4S. The Hall–Kier alpha value is -1.17. The number of rotatable bonds is 4. The number of piperidine rings is 1. The summed E-state index contributed by atoms with van der Waals surface area (Å²) < 4.78 is 1.86. The van der Waals surface area contributed by atoms with Crippen molar-refractivity contribution in [2.45, 2.75) is 25.4 Å². The van der Waals surface area contributed by atoms with Crippen LogP contribution in [0.3, 0.4) is 0 Å². The van der Waals surface area contributed by atoms with Gasteiger partial charge in [-0.25, -0.2) is 0 Å². The first-order valence-corrected chi connectivity index (χ1v) is 8.03. The molecule has 1 fully saturated rings. The molecule has 4 nitrogen and oxygen atoms in total. The van der Waals surface area contributed by atoms with Crippen molar-refractivity contribution in [2.24, 2.45) is 7.05 Å². The maximum Gasteiger partial charge on any atom is 0.0576 e. The van der Waals surface area contributed by atoms with Gasteiger partial charge in [-0.1, -0.05) is 0 Å². The van der Waals surface area contributed by atoms with Gasteiger partial charge in [-0.15, -0.1) is 11.3 Å². The van der Waals surface area contributed by atoms with E-state index >= 15 is 0 Å². The zero-order valence-electron chi connectivity index (χ0n) is 12.2. The first-order valence-electron chi connectivity index (χ1n) is 7.22. The van der Waals surface area contributed by atoms with Gasteiger partial charge in [0.05, 0.1) is 6.20 Å². The summed E-state index contributed by atoms with van der Waals surface area (Å²) in [5, 5.41) is 7.65. The quantitative estimate of drug-likeness (QED) is 0.938. The highest BCUT2D eigenvalue weighted by Gasteiger charge is 2.18. The molecule has 1 N–H and O–H groups in total. The van der Waals surface area contributed by atoms with Gasteiger partial charge in [0.1, 0.15) is 0 Å². The Labute approximate surface area is 124 Å². The van der Waals surface area contributed by atoms with Gasteiger partial charge < -0.3 is 5.32 Å². The number of hydrogen-bond acceptors (Lipinski definition) is 4. The van der Waals surface area contributed by atoms with Crippen LogP contribution >= 0.6 is 11.3 Å². The molecule has 0 saturated carbocycles. The second kappa shape index (κ2) is 6.08. The summed E-state index contributed by atoms with van der Waals surface area (Å²) in [6, 6.07) is 5.13. The van der Waals surface area contributed by atoms with Gasteiger partial charge in [0.2, 0.25) is 0 Å². The lowest BCUT2D eigenvalue weighted by Gasteiger charge is -2.32. The maximum absolute atomic E-state index is 4.24. The fourth-order valence-electron chi connectivity index (χ4n) is 2.82. The second-order valence-corrected chi connectivity index (χ2v) is 6.70. The number of thiophene rings is 1. The van der Waals surface area contributed by atoms with Crippen LogP contribution in [0.4, 0.5) is 0 Å². The summed E-state index contributed by atoms with van der Waals surface area (Å²) in [5.74, 6) is 0. The zero-order chi connectivity index (χ0) is 13.9. The summed E-state index contributed by atoms with van der Waals surface area (Å²) >= 11 is 1.89. The molecule has 0 spiro atoms. The van der Waals surface area contributed by atoms with Crippen LogP contribution in [0.1, 0.15) is 17.7 Å². The Morgan fingerprint density at radius 1 is 1.45 bits per heavy atom. The van der Waals surface area contributed by atoms with E-state index in [2.05, 4.69) is 40.7 Å². The monoisotopic (exact) mass is 290 g/mol. The van der Waals surface area contributed by atoms with Gasteiger partial charge in [-0.3, -0.25) is 9.58 Å². The maximum atomic E-state index is 4.24. The van der Waals surface area contributed by atoms with Gasteiger partial charge in [-0.2, -0.15) is 5.10 Å². The van der Waals surface area contributed by atoms with E-state index in [-0.39, 0.29) is 0 Å². The number of nitrogens with one attached hydrogen (secondary N) is 1. The highest BCUT2D eigenvalue weighted by atomic mass is 32.1. The number of nitrogens with zero attached hydrogens (tertiary/aromatic N) is 3. The average molecular weight is 290 g/mol. The van der Waals surface area contributed by atoms with Crippen molar-refractivity contribution in [3.05, 3.63) is 29.4 Å². The molecule has 0 radical (unpaired) electrons. The Bertz CT molecular complexity index is 560. The summed E-state index contributed by atoms with van der Waals surface area (Å²) in [4.78, 5) is 5.32. The molecule has 0 aliphatic carbocycles. The predicted octanol–water partition coefficient (Wildman–Crippen LogP) is 2.33. The number of hydrogen-bond donors (Lipinski definition) is 1. The van der Waals surface area contributed by atoms with Crippen molar-refractivity contribution >= 4 is 11.3 Å². The number of aromatic nitrogens is 2. The summed E-state index contributed by atoms with van der Waals surface area (Å²) in [7, 11) is 4.03. The number of likely N-dealkylation sites (N-methyl/N-ethyl adjacent to an activating group) is 1. The van der Waals surface area contributed by atoms with Crippen molar-refractivity contribution < 1.29 is 0 Å². The molecule has 20 heavy (non-hydrogen) atoms. The molecule has 1 saturated heterocycles. The summed E-state index contributed by atoms with van der Waals surface area (Å²) in [6.07, 6.45) is 6.62. The van der Waals surface area contributed by atoms with E-state index in [0.717, 1.165) is 13.1 Å². The van der Waals surface area contributed by atoms with E-state index < -0.39 is 0 Å². The molecule has 0 amide bonds. The topological polar surface area (TPSA) is 33.1 Å². The third kappa shape index (κ3) is 3.11. The molecule has 0 aromatic carbocycles. The van der Waals surface area contributed by atoms with E-state index in [1.54, 1.807) is 0 Å². The minimum Gasteiger partial charge on any atom is -0.316 e. The van der Waals surface area contributed by atoms with Crippen LogP contribution < -0.4 is 5.32 Å². The van der Waals surface area contributed by atoms with Crippen molar-refractivity contribution in [1.29, 1.82) is 0 Å². The smallest absolute Gasteiger partial charge is 0.0576 e. The Morgan fingerprint density at radius 2 is 2.35 bits per heavy atom. The van der Waals surface area contributed by atoms with Crippen molar-refractivity contribution in [3.8, 4) is 10.4 Å².